The number of hydrogen-bond donors (Lipinski definition) is 0. The van der Waals surface area contributed by atoms with Gasteiger partial charge in [-0.2, -0.15) is 4.98 Å². The first-order valence-electron chi connectivity index (χ1n) is 8.48. The van der Waals surface area contributed by atoms with Gasteiger partial charge in [-0.05, 0) is 49.2 Å². The molecule has 0 aliphatic carbocycles. The summed E-state index contributed by atoms with van der Waals surface area (Å²) in [6, 6.07) is 12.0. The Morgan fingerprint density at radius 2 is 2.00 bits per heavy atom. The summed E-state index contributed by atoms with van der Waals surface area (Å²) < 4.78 is 18.9. The van der Waals surface area contributed by atoms with Crippen molar-refractivity contribution in [1.82, 2.24) is 10.1 Å². The summed E-state index contributed by atoms with van der Waals surface area (Å²) in [5.41, 5.74) is 3.78. The molecule has 1 amide bonds. The number of carbonyl (C=O) groups excluding carboxylic acids is 1. The van der Waals surface area contributed by atoms with Crippen molar-refractivity contribution in [3.05, 3.63) is 65.3 Å². The lowest BCUT2D eigenvalue weighted by molar-refractivity contribution is -0.117. The number of rotatable bonds is 3. The van der Waals surface area contributed by atoms with Crippen LogP contribution in [0.4, 0.5) is 10.1 Å². The van der Waals surface area contributed by atoms with E-state index in [1.807, 2.05) is 32.0 Å². The monoisotopic (exact) mass is 351 g/mol. The summed E-state index contributed by atoms with van der Waals surface area (Å²) in [5.74, 6) is 0.309. The summed E-state index contributed by atoms with van der Waals surface area (Å²) in [6.45, 7) is 4.48. The third kappa shape index (κ3) is 2.98. The van der Waals surface area contributed by atoms with Gasteiger partial charge in [0.1, 0.15) is 5.82 Å². The molecule has 0 spiro atoms. The predicted octanol–water partition coefficient (Wildman–Crippen LogP) is 4.01. The average molecular weight is 351 g/mol. The maximum Gasteiger partial charge on any atom is 0.232 e. The number of aromatic nitrogens is 2. The Morgan fingerprint density at radius 3 is 2.77 bits per heavy atom. The van der Waals surface area contributed by atoms with E-state index < -0.39 is 0 Å². The summed E-state index contributed by atoms with van der Waals surface area (Å²) >= 11 is 0. The highest BCUT2D eigenvalue weighted by molar-refractivity contribution is 5.96. The molecule has 1 aliphatic rings. The summed E-state index contributed by atoms with van der Waals surface area (Å²) in [6.07, 6.45) is 0.269. The van der Waals surface area contributed by atoms with Crippen molar-refractivity contribution < 1.29 is 13.7 Å². The van der Waals surface area contributed by atoms with E-state index in [1.165, 1.54) is 17.7 Å². The van der Waals surface area contributed by atoms with Gasteiger partial charge in [0.25, 0.3) is 0 Å². The van der Waals surface area contributed by atoms with Gasteiger partial charge < -0.3 is 9.42 Å². The molecule has 4 rings (SSSR count). The van der Waals surface area contributed by atoms with Crippen LogP contribution < -0.4 is 4.90 Å². The molecule has 26 heavy (non-hydrogen) atoms. The molecule has 132 valence electrons. The highest BCUT2D eigenvalue weighted by atomic mass is 19.1. The molecule has 3 aromatic rings. The van der Waals surface area contributed by atoms with Gasteiger partial charge in [-0.1, -0.05) is 23.4 Å². The topological polar surface area (TPSA) is 59.2 Å². The molecule has 2 aromatic carbocycles. The molecule has 1 saturated heterocycles. The molecule has 1 unspecified atom stereocenters. The molecule has 1 aliphatic heterocycles. The fourth-order valence-corrected chi connectivity index (χ4v) is 3.17. The lowest BCUT2D eigenvalue weighted by Gasteiger charge is -2.15. The Morgan fingerprint density at radius 1 is 1.15 bits per heavy atom. The minimum Gasteiger partial charge on any atom is -0.339 e. The SMILES string of the molecule is Cc1ccc(-c2noc(C3CC(=O)N(c4cccc(F)c4)C3)n2)cc1C. The van der Waals surface area contributed by atoms with E-state index in [9.17, 15) is 9.18 Å². The van der Waals surface area contributed by atoms with Crippen molar-refractivity contribution in [3.8, 4) is 11.4 Å². The minimum atomic E-state index is -0.367. The normalized spacial score (nSPS) is 17.1. The molecule has 5 nitrogen and oxygen atoms in total. The summed E-state index contributed by atoms with van der Waals surface area (Å²) in [5, 5.41) is 4.06. The van der Waals surface area contributed by atoms with Crippen LogP contribution in [-0.2, 0) is 4.79 Å². The molecule has 1 atom stereocenters. The first-order chi connectivity index (χ1) is 12.5. The molecule has 1 aromatic heterocycles. The van der Waals surface area contributed by atoms with Crippen molar-refractivity contribution in [3.63, 3.8) is 0 Å². The van der Waals surface area contributed by atoms with Crippen LogP contribution in [0.1, 0.15) is 29.4 Å². The molecule has 0 radical (unpaired) electrons. The molecule has 1 fully saturated rings. The predicted molar refractivity (Wildman–Crippen MR) is 95.3 cm³/mol. The van der Waals surface area contributed by atoms with E-state index in [0.717, 1.165) is 11.1 Å². The highest BCUT2D eigenvalue weighted by Crippen LogP contribution is 2.32. The van der Waals surface area contributed by atoms with Gasteiger partial charge in [0.15, 0.2) is 0 Å². The average Bonchev–Trinajstić information content (AvgIpc) is 3.24. The number of halogens is 1. The molecule has 0 saturated carbocycles. The second kappa shape index (κ2) is 6.37. The van der Waals surface area contributed by atoms with E-state index in [1.54, 1.807) is 17.0 Å². The van der Waals surface area contributed by atoms with Gasteiger partial charge in [-0.3, -0.25) is 4.79 Å². The van der Waals surface area contributed by atoms with E-state index in [4.69, 9.17) is 4.52 Å². The number of anilines is 1. The van der Waals surface area contributed by atoms with Crippen molar-refractivity contribution >= 4 is 11.6 Å². The largest absolute Gasteiger partial charge is 0.339 e. The van der Waals surface area contributed by atoms with Crippen LogP contribution in [0.5, 0.6) is 0 Å². The van der Waals surface area contributed by atoms with Gasteiger partial charge in [0.05, 0.1) is 5.92 Å². The Bertz CT molecular complexity index is 983. The summed E-state index contributed by atoms with van der Waals surface area (Å²) in [4.78, 5) is 18.4. The Balaban J connectivity index is 1.57. The van der Waals surface area contributed by atoms with E-state index in [0.29, 0.717) is 23.9 Å². The third-order valence-corrected chi connectivity index (χ3v) is 4.80. The Hall–Kier alpha value is -3.02. The fraction of sp³-hybridized carbons (Fsp3) is 0.250. The lowest BCUT2D eigenvalue weighted by Crippen LogP contribution is -2.24. The van der Waals surface area contributed by atoms with E-state index >= 15 is 0 Å². The summed E-state index contributed by atoms with van der Waals surface area (Å²) in [7, 11) is 0. The first kappa shape index (κ1) is 16.4. The Kier molecular flexibility index (Phi) is 4.03. The van der Waals surface area contributed by atoms with Crippen LogP contribution >= 0.6 is 0 Å². The van der Waals surface area contributed by atoms with Crippen molar-refractivity contribution in [2.24, 2.45) is 0 Å². The second-order valence-corrected chi connectivity index (χ2v) is 6.64. The van der Waals surface area contributed by atoms with Gasteiger partial charge in [0, 0.05) is 24.2 Å². The molecule has 0 N–H and O–H groups in total. The lowest BCUT2D eigenvalue weighted by atomic mass is 10.1. The third-order valence-electron chi connectivity index (χ3n) is 4.80. The van der Waals surface area contributed by atoms with Crippen molar-refractivity contribution in [1.29, 1.82) is 0 Å². The maximum absolute atomic E-state index is 13.4. The van der Waals surface area contributed by atoms with Crippen LogP contribution in [0, 0.1) is 19.7 Å². The smallest absolute Gasteiger partial charge is 0.232 e. The van der Waals surface area contributed by atoms with Crippen molar-refractivity contribution in [2.75, 3.05) is 11.4 Å². The number of nitrogens with zero attached hydrogens (tertiary/aromatic N) is 3. The quantitative estimate of drug-likeness (QED) is 0.715. The van der Waals surface area contributed by atoms with E-state index in [-0.39, 0.29) is 24.1 Å². The standard InChI is InChI=1S/C20H18FN3O2/c1-12-6-7-14(8-13(12)2)19-22-20(26-23-19)15-9-18(25)24(11-15)17-5-3-4-16(21)10-17/h3-8,10,15H,9,11H2,1-2H3. The maximum atomic E-state index is 13.4. The fourth-order valence-electron chi connectivity index (χ4n) is 3.17. The Labute approximate surface area is 150 Å². The van der Waals surface area contributed by atoms with Crippen LogP contribution in [0.3, 0.4) is 0 Å². The van der Waals surface area contributed by atoms with Gasteiger partial charge >= 0.3 is 0 Å². The molecular weight excluding hydrogens is 333 g/mol. The van der Waals surface area contributed by atoms with Crippen LogP contribution in [0.15, 0.2) is 47.0 Å². The van der Waals surface area contributed by atoms with Gasteiger partial charge in [-0.15, -0.1) is 0 Å². The number of aryl methyl sites for hydroxylation is 2. The van der Waals surface area contributed by atoms with Crippen LogP contribution in [0.25, 0.3) is 11.4 Å². The zero-order valence-corrected chi connectivity index (χ0v) is 14.6. The number of hydrogen-bond acceptors (Lipinski definition) is 4. The van der Waals surface area contributed by atoms with Gasteiger partial charge in [0.2, 0.25) is 17.6 Å². The molecule has 0 bridgehead atoms. The number of amides is 1. The van der Waals surface area contributed by atoms with Crippen LogP contribution in [0.2, 0.25) is 0 Å². The number of carbonyl (C=O) groups is 1. The number of benzene rings is 2. The molecule has 6 heteroatoms. The second-order valence-electron chi connectivity index (χ2n) is 6.64. The van der Waals surface area contributed by atoms with Crippen molar-refractivity contribution in [2.45, 2.75) is 26.2 Å². The molecular formula is C20H18FN3O2. The molecule has 2 heterocycles. The zero-order valence-electron chi connectivity index (χ0n) is 14.6. The highest BCUT2D eigenvalue weighted by Gasteiger charge is 2.35. The minimum absolute atomic E-state index is 0.0773. The van der Waals surface area contributed by atoms with E-state index in [2.05, 4.69) is 10.1 Å². The van der Waals surface area contributed by atoms with Crippen LogP contribution in [-0.4, -0.2) is 22.6 Å². The zero-order chi connectivity index (χ0) is 18.3. The van der Waals surface area contributed by atoms with Gasteiger partial charge in [-0.25, -0.2) is 4.39 Å². The first-order valence-corrected chi connectivity index (χ1v) is 8.48.